The molecule has 3 nitrogen and oxygen atoms in total. The van der Waals surface area contributed by atoms with E-state index in [1.54, 1.807) is 0 Å². The molecule has 98 valence electrons. The lowest BCUT2D eigenvalue weighted by Crippen LogP contribution is -2.39. The SMILES string of the molecule is CCC1CCNC(CC(=O)c2cncc(F)c2)C1. The number of hydrogen-bond acceptors (Lipinski definition) is 3. The molecule has 0 spiro atoms. The van der Waals surface area contributed by atoms with Crippen LogP contribution >= 0.6 is 0 Å². The molecule has 18 heavy (non-hydrogen) atoms. The highest BCUT2D eigenvalue weighted by Gasteiger charge is 2.22. The van der Waals surface area contributed by atoms with Crippen molar-refractivity contribution in [2.45, 2.75) is 38.6 Å². The fourth-order valence-electron chi connectivity index (χ4n) is 2.53. The second kappa shape index (κ2) is 6.05. The Kier molecular flexibility index (Phi) is 4.42. The first-order chi connectivity index (χ1) is 8.69. The van der Waals surface area contributed by atoms with E-state index in [0.29, 0.717) is 17.9 Å². The molecule has 1 N–H and O–H groups in total. The monoisotopic (exact) mass is 250 g/mol. The highest BCUT2D eigenvalue weighted by molar-refractivity contribution is 5.96. The van der Waals surface area contributed by atoms with Crippen molar-refractivity contribution in [2.24, 2.45) is 5.92 Å². The number of pyridine rings is 1. The van der Waals surface area contributed by atoms with Crippen LogP contribution in [-0.2, 0) is 0 Å². The Morgan fingerprint density at radius 1 is 1.56 bits per heavy atom. The largest absolute Gasteiger partial charge is 0.314 e. The number of nitrogens with one attached hydrogen (secondary N) is 1. The fraction of sp³-hybridized carbons (Fsp3) is 0.571. The number of hydrogen-bond donors (Lipinski definition) is 1. The van der Waals surface area contributed by atoms with Crippen LogP contribution in [0.4, 0.5) is 4.39 Å². The summed E-state index contributed by atoms with van der Waals surface area (Å²) in [4.78, 5) is 15.7. The third-order valence-electron chi connectivity index (χ3n) is 3.64. The molecule has 1 aliphatic rings. The summed E-state index contributed by atoms with van der Waals surface area (Å²) in [6.07, 6.45) is 6.36. The van der Waals surface area contributed by atoms with E-state index in [9.17, 15) is 9.18 Å². The summed E-state index contributed by atoms with van der Waals surface area (Å²) in [6.45, 7) is 3.16. The number of Topliss-reactive ketones (excluding diaryl/α,β-unsaturated/α-hetero) is 1. The molecule has 2 heterocycles. The number of halogens is 1. The number of carbonyl (C=O) groups is 1. The van der Waals surface area contributed by atoms with E-state index in [2.05, 4.69) is 17.2 Å². The minimum atomic E-state index is -0.455. The van der Waals surface area contributed by atoms with Crippen LogP contribution in [0.25, 0.3) is 0 Å². The van der Waals surface area contributed by atoms with Crippen molar-refractivity contribution in [3.8, 4) is 0 Å². The molecule has 2 rings (SSSR count). The zero-order chi connectivity index (χ0) is 13.0. The summed E-state index contributed by atoms with van der Waals surface area (Å²) in [5.74, 6) is 0.217. The van der Waals surface area contributed by atoms with Gasteiger partial charge in [-0.05, 0) is 31.4 Å². The third kappa shape index (κ3) is 3.35. The van der Waals surface area contributed by atoms with Crippen molar-refractivity contribution in [1.29, 1.82) is 0 Å². The van der Waals surface area contributed by atoms with Crippen LogP contribution in [0.15, 0.2) is 18.5 Å². The maximum absolute atomic E-state index is 13.0. The fourth-order valence-corrected chi connectivity index (χ4v) is 2.53. The van der Waals surface area contributed by atoms with Gasteiger partial charge in [0.1, 0.15) is 5.82 Å². The number of nitrogens with zero attached hydrogens (tertiary/aromatic N) is 1. The summed E-state index contributed by atoms with van der Waals surface area (Å²) >= 11 is 0. The van der Waals surface area contributed by atoms with Gasteiger partial charge in [0.25, 0.3) is 0 Å². The Balaban J connectivity index is 1.95. The first-order valence-corrected chi connectivity index (χ1v) is 6.56. The van der Waals surface area contributed by atoms with Gasteiger partial charge in [0.05, 0.1) is 6.20 Å². The second-order valence-electron chi connectivity index (χ2n) is 4.97. The smallest absolute Gasteiger partial charge is 0.166 e. The minimum Gasteiger partial charge on any atom is -0.314 e. The Bertz CT molecular complexity index is 422. The molecule has 0 bridgehead atoms. The van der Waals surface area contributed by atoms with Crippen molar-refractivity contribution in [2.75, 3.05) is 6.54 Å². The predicted octanol–water partition coefficient (Wildman–Crippen LogP) is 2.57. The zero-order valence-corrected chi connectivity index (χ0v) is 10.7. The molecule has 4 heteroatoms. The predicted molar refractivity (Wildman–Crippen MR) is 67.9 cm³/mol. The molecule has 0 radical (unpaired) electrons. The van der Waals surface area contributed by atoms with Crippen molar-refractivity contribution in [3.05, 3.63) is 29.8 Å². The van der Waals surface area contributed by atoms with Crippen LogP contribution in [0.5, 0.6) is 0 Å². The van der Waals surface area contributed by atoms with E-state index in [1.165, 1.54) is 18.7 Å². The van der Waals surface area contributed by atoms with Gasteiger partial charge in [0.2, 0.25) is 0 Å². The van der Waals surface area contributed by atoms with Crippen molar-refractivity contribution >= 4 is 5.78 Å². The van der Waals surface area contributed by atoms with E-state index in [0.717, 1.165) is 25.6 Å². The second-order valence-corrected chi connectivity index (χ2v) is 4.97. The van der Waals surface area contributed by atoms with Gasteiger partial charge in [-0.15, -0.1) is 0 Å². The van der Waals surface area contributed by atoms with Crippen LogP contribution in [0.2, 0.25) is 0 Å². The molecule has 0 amide bonds. The van der Waals surface area contributed by atoms with Crippen LogP contribution in [-0.4, -0.2) is 23.4 Å². The zero-order valence-electron chi connectivity index (χ0n) is 10.7. The normalized spacial score (nSPS) is 23.9. The number of piperidine rings is 1. The average molecular weight is 250 g/mol. The van der Waals surface area contributed by atoms with Gasteiger partial charge in [0.15, 0.2) is 5.78 Å². The van der Waals surface area contributed by atoms with Gasteiger partial charge in [-0.3, -0.25) is 9.78 Å². The molecular weight excluding hydrogens is 231 g/mol. The number of rotatable bonds is 4. The molecule has 2 atom stereocenters. The van der Waals surface area contributed by atoms with Gasteiger partial charge in [-0.1, -0.05) is 13.3 Å². The first kappa shape index (κ1) is 13.1. The minimum absolute atomic E-state index is 0.0312. The Morgan fingerprint density at radius 3 is 3.11 bits per heavy atom. The molecule has 0 aliphatic carbocycles. The van der Waals surface area contributed by atoms with E-state index in [-0.39, 0.29) is 11.8 Å². The van der Waals surface area contributed by atoms with Crippen LogP contribution in [0.1, 0.15) is 43.0 Å². The van der Waals surface area contributed by atoms with Gasteiger partial charge in [-0.25, -0.2) is 4.39 Å². The van der Waals surface area contributed by atoms with Crippen LogP contribution in [0.3, 0.4) is 0 Å². The van der Waals surface area contributed by atoms with Crippen molar-refractivity contribution < 1.29 is 9.18 Å². The van der Waals surface area contributed by atoms with E-state index >= 15 is 0 Å². The van der Waals surface area contributed by atoms with Crippen LogP contribution < -0.4 is 5.32 Å². The highest BCUT2D eigenvalue weighted by Crippen LogP contribution is 2.21. The molecule has 1 saturated heterocycles. The molecular formula is C14H19FN2O. The Labute approximate surface area is 107 Å². The lowest BCUT2D eigenvalue weighted by Gasteiger charge is -2.29. The molecule has 1 aliphatic heterocycles. The topological polar surface area (TPSA) is 42.0 Å². The van der Waals surface area contributed by atoms with Gasteiger partial charge < -0.3 is 5.32 Å². The lowest BCUT2D eigenvalue weighted by atomic mass is 9.88. The molecule has 1 fully saturated rings. The summed E-state index contributed by atoms with van der Waals surface area (Å²) < 4.78 is 13.0. The standard InChI is InChI=1S/C14H19FN2O/c1-2-10-3-4-17-13(5-10)7-14(18)11-6-12(15)9-16-8-11/h6,8-10,13,17H,2-5,7H2,1H3. The molecule has 1 aromatic heterocycles. The van der Waals surface area contributed by atoms with Gasteiger partial charge in [0, 0.05) is 24.2 Å². The summed E-state index contributed by atoms with van der Waals surface area (Å²) in [5, 5.41) is 3.36. The molecule has 2 unspecified atom stereocenters. The first-order valence-electron chi connectivity index (χ1n) is 6.56. The quantitative estimate of drug-likeness (QED) is 0.835. The van der Waals surface area contributed by atoms with Crippen LogP contribution in [0, 0.1) is 11.7 Å². The highest BCUT2D eigenvalue weighted by atomic mass is 19.1. The summed E-state index contributed by atoms with van der Waals surface area (Å²) in [5.41, 5.74) is 0.371. The summed E-state index contributed by atoms with van der Waals surface area (Å²) in [7, 11) is 0. The van der Waals surface area contributed by atoms with E-state index < -0.39 is 5.82 Å². The van der Waals surface area contributed by atoms with E-state index in [4.69, 9.17) is 0 Å². The van der Waals surface area contributed by atoms with Crippen molar-refractivity contribution in [3.63, 3.8) is 0 Å². The van der Waals surface area contributed by atoms with E-state index in [1.807, 2.05) is 0 Å². The number of carbonyl (C=O) groups excluding carboxylic acids is 1. The summed E-state index contributed by atoms with van der Waals surface area (Å²) in [6, 6.07) is 1.48. The van der Waals surface area contributed by atoms with Crippen molar-refractivity contribution in [1.82, 2.24) is 10.3 Å². The maximum Gasteiger partial charge on any atom is 0.166 e. The molecule has 1 aromatic rings. The van der Waals surface area contributed by atoms with Gasteiger partial charge >= 0.3 is 0 Å². The lowest BCUT2D eigenvalue weighted by molar-refractivity contribution is 0.0956. The number of aromatic nitrogens is 1. The Morgan fingerprint density at radius 2 is 2.39 bits per heavy atom. The average Bonchev–Trinajstić information content (AvgIpc) is 2.39. The third-order valence-corrected chi connectivity index (χ3v) is 3.64. The van der Waals surface area contributed by atoms with Gasteiger partial charge in [-0.2, -0.15) is 0 Å². The maximum atomic E-state index is 13.0. The Hall–Kier alpha value is -1.29. The molecule has 0 saturated carbocycles. The number of ketones is 1. The molecule has 0 aromatic carbocycles.